The van der Waals surface area contributed by atoms with E-state index in [0.717, 1.165) is 12.1 Å². The number of nitro groups is 1. The van der Waals surface area contributed by atoms with Crippen molar-refractivity contribution in [2.75, 3.05) is 27.3 Å². The Balaban J connectivity index is 2.41. The molecule has 1 aliphatic rings. The van der Waals surface area contributed by atoms with Crippen LogP contribution in [0.2, 0.25) is 0 Å². The third-order valence-corrected chi connectivity index (χ3v) is 6.16. The number of nitrogens with zero attached hydrogens (tertiary/aromatic N) is 2. The Morgan fingerprint density at radius 1 is 1.42 bits per heavy atom. The number of hydrogen-bond donors (Lipinski definition) is 1. The molecule has 1 aromatic rings. The average Bonchev–Trinajstić information content (AvgIpc) is 2.60. The number of rotatable bonds is 6. The Labute approximate surface area is 140 Å². The normalized spacial score (nSPS) is 22.3. The zero-order valence-electron chi connectivity index (χ0n) is 13.5. The largest absolute Gasteiger partial charge is 0.495 e. The first-order valence-corrected chi connectivity index (χ1v) is 8.86. The van der Waals surface area contributed by atoms with Crippen LogP contribution in [0.3, 0.4) is 0 Å². The summed E-state index contributed by atoms with van der Waals surface area (Å²) in [6.07, 6.45) is 1.02. The van der Waals surface area contributed by atoms with Gasteiger partial charge >= 0.3 is 0 Å². The second-order valence-corrected chi connectivity index (χ2v) is 7.34. The summed E-state index contributed by atoms with van der Waals surface area (Å²) in [6.45, 7) is 0.428. The Morgan fingerprint density at radius 3 is 2.67 bits per heavy atom. The minimum atomic E-state index is -3.89. The van der Waals surface area contributed by atoms with Crippen LogP contribution in [0.15, 0.2) is 23.1 Å². The number of ether oxygens (including phenoxy) is 2. The van der Waals surface area contributed by atoms with Gasteiger partial charge in [-0.15, -0.1) is 0 Å². The Bertz CT molecular complexity index is 708. The van der Waals surface area contributed by atoms with Gasteiger partial charge in [0.15, 0.2) is 0 Å². The molecule has 1 aliphatic heterocycles. The second-order valence-electron chi connectivity index (χ2n) is 5.48. The zero-order valence-corrected chi connectivity index (χ0v) is 14.4. The Morgan fingerprint density at radius 2 is 2.12 bits per heavy atom. The van der Waals surface area contributed by atoms with E-state index in [1.165, 1.54) is 17.5 Å². The minimum Gasteiger partial charge on any atom is -0.495 e. The zero-order chi connectivity index (χ0) is 17.9. The number of non-ortho nitro benzene ring substituents is 1. The summed E-state index contributed by atoms with van der Waals surface area (Å²) in [5.74, 6) is -0.0613. The fourth-order valence-corrected chi connectivity index (χ4v) is 4.65. The molecule has 0 bridgehead atoms. The van der Waals surface area contributed by atoms with Gasteiger partial charge in [0.2, 0.25) is 10.0 Å². The molecular weight excluding hydrogens is 338 g/mol. The first kappa shape index (κ1) is 18.6. The van der Waals surface area contributed by atoms with Crippen LogP contribution in [0.1, 0.15) is 12.8 Å². The SMILES string of the molecule is COc1cc([N+](=O)[O-])ccc1S(=O)(=O)N1CCC(OC)CC1CN. The molecule has 1 aromatic carbocycles. The maximum Gasteiger partial charge on any atom is 0.273 e. The number of sulfonamides is 1. The van der Waals surface area contributed by atoms with E-state index in [0.29, 0.717) is 12.8 Å². The lowest BCUT2D eigenvalue weighted by Gasteiger charge is -2.37. The molecule has 0 radical (unpaired) electrons. The molecule has 0 aliphatic carbocycles. The fourth-order valence-electron chi connectivity index (χ4n) is 2.85. The fraction of sp³-hybridized carbons (Fsp3) is 0.571. The van der Waals surface area contributed by atoms with E-state index in [2.05, 4.69) is 0 Å². The molecule has 0 spiro atoms. The van der Waals surface area contributed by atoms with Gasteiger partial charge in [0.05, 0.1) is 24.2 Å². The highest BCUT2D eigenvalue weighted by atomic mass is 32.2. The van der Waals surface area contributed by atoms with E-state index in [1.54, 1.807) is 7.11 Å². The van der Waals surface area contributed by atoms with Crippen LogP contribution in [0, 0.1) is 10.1 Å². The van der Waals surface area contributed by atoms with Crippen LogP contribution in [0.5, 0.6) is 5.75 Å². The monoisotopic (exact) mass is 359 g/mol. The summed E-state index contributed by atoms with van der Waals surface area (Å²) in [6, 6.07) is 3.05. The summed E-state index contributed by atoms with van der Waals surface area (Å²) in [5.41, 5.74) is 5.50. The van der Waals surface area contributed by atoms with Crippen molar-refractivity contribution in [1.29, 1.82) is 0 Å². The predicted octanol–water partition coefficient (Wildman–Crippen LogP) is 0.730. The summed E-state index contributed by atoms with van der Waals surface area (Å²) in [7, 11) is -1.03. The van der Waals surface area contributed by atoms with Crippen LogP contribution in [0.25, 0.3) is 0 Å². The molecule has 0 amide bonds. The maximum absolute atomic E-state index is 13.0. The summed E-state index contributed by atoms with van der Waals surface area (Å²) < 4.78 is 37.7. The molecular formula is C14H21N3O6S. The molecule has 134 valence electrons. The van der Waals surface area contributed by atoms with Gasteiger partial charge in [0.1, 0.15) is 10.6 Å². The average molecular weight is 359 g/mol. The number of nitro benzene ring substituents is 1. The standard InChI is InChI=1S/C14H21N3O6S/c1-22-12-5-6-16(11(7-12)9-15)24(20,21)14-4-3-10(17(18)19)8-13(14)23-2/h3-4,8,11-12H,5-7,9,15H2,1-2H3. The van der Waals surface area contributed by atoms with Crippen molar-refractivity contribution in [2.24, 2.45) is 5.73 Å². The first-order valence-electron chi connectivity index (χ1n) is 7.42. The van der Waals surface area contributed by atoms with Crippen LogP contribution < -0.4 is 10.5 Å². The van der Waals surface area contributed by atoms with Gasteiger partial charge < -0.3 is 15.2 Å². The lowest BCUT2D eigenvalue weighted by molar-refractivity contribution is -0.385. The predicted molar refractivity (Wildman–Crippen MR) is 86.4 cm³/mol. The topological polar surface area (TPSA) is 125 Å². The van der Waals surface area contributed by atoms with Crippen molar-refractivity contribution in [3.63, 3.8) is 0 Å². The van der Waals surface area contributed by atoms with E-state index in [4.69, 9.17) is 15.2 Å². The van der Waals surface area contributed by atoms with Crippen molar-refractivity contribution >= 4 is 15.7 Å². The minimum absolute atomic E-state index is 0.0382. The molecule has 1 fully saturated rings. The van der Waals surface area contributed by atoms with E-state index < -0.39 is 21.0 Å². The number of nitrogens with two attached hydrogens (primary N) is 1. The first-order chi connectivity index (χ1) is 11.3. The van der Waals surface area contributed by atoms with Gasteiger partial charge in [-0.1, -0.05) is 0 Å². The van der Waals surface area contributed by atoms with Gasteiger partial charge in [0.25, 0.3) is 5.69 Å². The molecule has 0 saturated carbocycles. The van der Waals surface area contributed by atoms with Gasteiger partial charge in [-0.2, -0.15) is 4.31 Å². The highest BCUT2D eigenvalue weighted by Crippen LogP contribution is 2.33. The number of methoxy groups -OCH3 is 2. The van der Waals surface area contributed by atoms with E-state index in [1.807, 2.05) is 0 Å². The van der Waals surface area contributed by atoms with E-state index >= 15 is 0 Å². The molecule has 2 rings (SSSR count). The number of piperidine rings is 1. The third-order valence-electron chi connectivity index (χ3n) is 4.16. The second kappa shape index (κ2) is 7.43. The van der Waals surface area contributed by atoms with Gasteiger partial charge in [-0.3, -0.25) is 10.1 Å². The van der Waals surface area contributed by atoms with E-state index in [-0.39, 0.29) is 35.5 Å². The van der Waals surface area contributed by atoms with E-state index in [9.17, 15) is 18.5 Å². The lowest BCUT2D eigenvalue weighted by atomic mass is 10.0. The number of hydrogen-bond acceptors (Lipinski definition) is 7. The number of benzene rings is 1. The van der Waals surface area contributed by atoms with Crippen LogP contribution in [-0.4, -0.2) is 57.1 Å². The van der Waals surface area contributed by atoms with Gasteiger partial charge in [-0.25, -0.2) is 8.42 Å². The van der Waals surface area contributed by atoms with Crippen molar-refractivity contribution in [3.8, 4) is 5.75 Å². The van der Waals surface area contributed by atoms with Crippen LogP contribution >= 0.6 is 0 Å². The molecule has 2 unspecified atom stereocenters. The summed E-state index contributed by atoms with van der Waals surface area (Å²) in [5, 5.41) is 10.9. The van der Waals surface area contributed by atoms with Crippen LogP contribution in [-0.2, 0) is 14.8 Å². The summed E-state index contributed by atoms with van der Waals surface area (Å²) in [4.78, 5) is 10.1. The van der Waals surface area contributed by atoms with Crippen LogP contribution in [0.4, 0.5) is 5.69 Å². The molecule has 9 nitrogen and oxygen atoms in total. The molecule has 1 saturated heterocycles. The summed E-state index contributed by atoms with van der Waals surface area (Å²) >= 11 is 0. The molecule has 1 heterocycles. The Hall–Kier alpha value is -1.75. The van der Waals surface area contributed by atoms with Gasteiger partial charge in [0, 0.05) is 32.3 Å². The quantitative estimate of drug-likeness (QED) is 0.586. The lowest BCUT2D eigenvalue weighted by Crippen LogP contribution is -2.51. The maximum atomic E-state index is 13.0. The molecule has 24 heavy (non-hydrogen) atoms. The van der Waals surface area contributed by atoms with Crippen molar-refractivity contribution < 1.29 is 22.8 Å². The van der Waals surface area contributed by atoms with Crippen molar-refractivity contribution in [1.82, 2.24) is 4.31 Å². The van der Waals surface area contributed by atoms with Gasteiger partial charge in [-0.05, 0) is 18.9 Å². The molecule has 0 aromatic heterocycles. The third kappa shape index (κ3) is 3.51. The molecule has 10 heteroatoms. The Kier molecular flexibility index (Phi) is 5.75. The highest BCUT2D eigenvalue weighted by molar-refractivity contribution is 7.89. The van der Waals surface area contributed by atoms with Crippen molar-refractivity contribution in [2.45, 2.75) is 29.9 Å². The molecule has 2 N–H and O–H groups in total. The highest BCUT2D eigenvalue weighted by Gasteiger charge is 2.38. The van der Waals surface area contributed by atoms with Crippen molar-refractivity contribution in [3.05, 3.63) is 28.3 Å². The smallest absolute Gasteiger partial charge is 0.273 e. The molecule has 2 atom stereocenters.